The predicted octanol–water partition coefficient (Wildman–Crippen LogP) is 2.63. The van der Waals surface area contributed by atoms with E-state index in [1.807, 2.05) is 0 Å². The lowest BCUT2D eigenvalue weighted by Crippen LogP contribution is -2.42. The fraction of sp³-hybridized carbons (Fsp3) is 0.500. The van der Waals surface area contributed by atoms with E-state index in [1.54, 1.807) is 0 Å². The van der Waals surface area contributed by atoms with Crippen LogP contribution in [0.2, 0.25) is 5.02 Å². The van der Waals surface area contributed by atoms with Crippen molar-refractivity contribution in [3.8, 4) is 0 Å². The summed E-state index contributed by atoms with van der Waals surface area (Å²) in [7, 11) is 0. The fourth-order valence-electron chi connectivity index (χ4n) is 3.81. The van der Waals surface area contributed by atoms with Crippen molar-refractivity contribution in [2.75, 3.05) is 13.1 Å². The van der Waals surface area contributed by atoms with Gasteiger partial charge in [-0.25, -0.2) is 22.6 Å². The standard InChI is InChI=1S/C18H18ClF3N4O2/c19-12-8-11(4-5-13(12)20)9-25-17(28)26-14(2-1-3-15(26)23-25)16(27)24-7-6-18(21,22)10-24/h4-5,8,14H,1-3,6-7,9-10H2. The summed E-state index contributed by atoms with van der Waals surface area (Å²) in [4.78, 5) is 26.8. The number of hydrogen-bond acceptors (Lipinski definition) is 3. The maximum atomic E-state index is 13.5. The third-order valence-electron chi connectivity index (χ3n) is 5.21. The van der Waals surface area contributed by atoms with Gasteiger partial charge in [0.2, 0.25) is 5.91 Å². The minimum atomic E-state index is -2.88. The molecule has 2 aliphatic heterocycles. The molecule has 0 spiro atoms. The molecule has 1 aromatic heterocycles. The number of amides is 1. The summed E-state index contributed by atoms with van der Waals surface area (Å²) in [5, 5.41) is 4.24. The molecule has 1 saturated heterocycles. The summed E-state index contributed by atoms with van der Waals surface area (Å²) in [6.07, 6.45) is 1.20. The van der Waals surface area contributed by atoms with E-state index in [2.05, 4.69) is 5.10 Å². The van der Waals surface area contributed by atoms with Crippen LogP contribution in [-0.2, 0) is 17.8 Å². The van der Waals surface area contributed by atoms with Crippen molar-refractivity contribution in [2.45, 2.75) is 44.2 Å². The molecule has 1 fully saturated rings. The Morgan fingerprint density at radius 2 is 2.14 bits per heavy atom. The average molecular weight is 415 g/mol. The van der Waals surface area contributed by atoms with Crippen molar-refractivity contribution in [2.24, 2.45) is 0 Å². The Hall–Kier alpha value is -2.29. The van der Waals surface area contributed by atoms with Crippen LogP contribution in [0.1, 0.15) is 36.7 Å². The van der Waals surface area contributed by atoms with Gasteiger partial charge in [-0.2, -0.15) is 5.10 Å². The number of carbonyl (C=O) groups excluding carboxylic acids is 1. The molecular formula is C18H18ClF3N4O2. The van der Waals surface area contributed by atoms with Crippen LogP contribution in [0.25, 0.3) is 0 Å². The highest BCUT2D eigenvalue weighted by molar-refractivity contribution is 6.30. The van der Waals surface area contributed by atoms with Gasteiger partial charge in [0.1, 0.15) is 17.7 Å². The van der Waals surface area contributed by atoms with E-state index in [9.17, 15) is 22.8 Å². The first-order valence-corrected chi connectivity index (χ1v) is 9.42. The number of carbonyl (C=O) groups is 1. The second-order valence-corrected chi connectivity index (χ2v) is 7.66. The van der Waals surface area contributed by atoms with Gasteiger partial charge in [-0.3, -0.25) is 9.36 Å². The molecule has 28 heavy (non-hydrogen) atoms. The van der Waals surface area contributed by atoms with Crippen LogP contribution in [0.3, 0.4) is 0 Å². The van der Waals surface area contributed by atoms with Crippen molar-refractivity contribution >= 4 is 17.5 Å². The highest BCUT2D eigenvalue weighted by atomic mass is 35.5. The SMILES string of the molecule is O=C(C1CCCc2nn(Cc3ccc(F)c(Cl)c3)c(=O)n21)N1CCC(F)(F)C1. The number of nitrogens with zero attached hydrogens (tertiary/aromatic N) is 4. The summed E-state index contributed by atoms with van der Waals surface area (Å²) in [5.74, 6) is -3.46. The zero-order valence-corrected chi connectivity index (χ0v) is 15.6. The number of benzene rings is 1. The number of alkyl halides is 2. The monoisotopic (exact) mass is 414 g/mol. The number of halogens is 4. The van der Waals surface area contributed by atoms with Crippen LogP contribution >= 0.6 is 11.6 Å². The van der Waals surface area contributed by atoms with Gasteiger partial charge in [0.05, 0.1) is 18.1 Å². The summed E-state index contributed by atoms with van der Waals surface area (Å²) in [6, 6.07) is 3.30. The van der Waals surface area contributed by atoms with E-state index < -0.39 is 35.9 Å². The van der Waals surface area contributed by atoms with Gasteiger partial charge in [0, 0.05) is 19.4 Å². The van der Waals surface area contributed by atoms with Crippen molar-refractivity contribution in [3.05, 3.63) is 50.9 Å². The predicted molar refractivity (Wildman–Crippen MR) is 95.1 cm³/mol. The van der Waals surface area contributed by atoms with E-state index in [1.165, 1.54) is 27.4 Å². The van der Waals surface area contributed by atoms with Crippen LogP contribution in [0.4, 0.5) is 13.2 Å². The summed E-state index contributed by atoms with van der Waals surface area (Å²) < 4.78 is 42.8. The lowest BCUT2D eigenvalue weighted by molar-refractivity contribution is -0.135. The highest BCUT2D eigenvalue weighted by Gasteiger charge is 2.43. The molecule has 150 valence electrons. The zero-order valence-electron chi connectivity index (χ0n) is 14.9. The van der Waals surface area contributed by atoms with Crippen LogP contribution < -0.4 is 5.69 Å². The number of fused-ring (bicyclic) bond motifs is 1. The number of hydrogen-bond donors (Lipinski definition) is 0. The molecule has 0 N–H and O–H groups in total. The molecule has 3 heterocycles. The van der Waals surface area contributed by atoms with Crippen molar-refractivity contribution in [1.29, 1.82) is 0 Å². The molecule has 1 unspecified atom stereocenters. The smallest absolute Gasteiger partial charge is 0.335 e. The van der Waals surface area contributed by atoms with E-state index >= 15 is 0 Å². The second-order valence-electron chi connectivity index (χ2n) is 7.25. The summed E-state index contributed by atoms with van der Waals surface area (Å²) in [6.45, 7) is -0.565. The first-order valence-electron chi connectivity index (χ1n) is 9.04. The van der Waals surface area contributed by atoms with Gasteiger partial charge in [0.15, 0.2) is 0 Å². The number of rotatable bonds is 3. The first kappa shape index (κ1) is 19.0. The molecule has 0 saturated carbocycles. The van der Waals surface area contributed by atoms with E-state index in [0.717, 1.165) is 4.90 Å². The Kier molecular flexibility index (Phi) is 4.73. The maximum Gasteiger partial charge on any atom is 0.346 e. The van der Waals surface area contributed by atoms with Gasteiger partial charge in [-0.1, -0.05) is 17.7 Å². The highest BCUT2D eigenvalue weighted by Crippen LogP contribution is 2.31. The third kappa shape index (κ3) is 3.43. The Balaban J connectivity index is 1.62. The molecule has 1 amide bonds. The Bertz CT molecular complexity index is 988. The van der Waals surface area contributed by atoms with Crippen LogP contribution in [0.5, 0.6) is 0 Å². The van der Waals surface area contributed by atoms with Crippen LogP contribution in [0, 0.1) is 5.82 Å². The molecule has 0 aliphatic carbocycles. The van der Waals surface area contributed by atoms with Crippen molar-refractivity contribution < 1.29 is 18.0 Å². The van der Waals surface area contributed by atoms with Crippen molar-refractivity contribution in [1.82, 2.24) is 19.2 Å². The Labute approximate surface area is 163 Å². The Morgan fingerprint density at radius 3 is 2.82 bits per heavy atom. The third-order valence-corrected chi connectivity index (χ3v) is 5.50. The molecule has 0 radical (unpaired) electrons. The van der Waals surface area contributed by atoms with Gasteiger partial charge in [-0.15, -0.1) is 0 Å². The minimum absolute atomic E-state index is 0.0192. The summed E-state index contributed by atoms with van der Waals surface area (Å²) >= 11 is 5.78. The second kappa shape index (κ2) is 6.95. The van der Waals surface area contributed by atoms with E-state index in [0.29, 0.717) is 30.7 Å². The van der Waals surface area contributed by atoms with E-state index in [4.69, 9.17) is 11.6 Å². The normalized spacial score (nSPS) is 21.0. The molecule has 10 heteroatoms. The fourth-order valence-corrected chi connectivity index (χ4v) is 4.02. The van der Waals surface area contributed by atoms with Crippen LogP contribution in [-0.4, -0.2) is 44.2 Å². The molecule has 6 nitrogen and oxygen atoms in total. The molecule has 1 atom stereocenters. The Morgan fingerprint density at radius 1 is 1.36 bits per heavy atom. The van der Waals surface area contributed by atoms with Gasteiger partial charge in [0.25, 0.3) is 5.92 Å². The summed E-state index contributed by atoms with van der Waals surface area (Å²) in [5.41, 5.74) is 0.102. The average Bonchev–Trinajstić information content (AvgIpc) is 3.17. The molecule has 0 bridgehead atoms. The molecule has 2 aliphatic rings. The first-order chi connectivity index (χ1) is 13.2. The van der Waals surface area contributed by atoms with Crippen LogP contribution in [0.15, 0.2) is 23.0 Å². The maximum absolute atomic E-state index is 13.5. The lowest BCUT2D eigenvalue weighted by Gasteiger charge is -2.27. The quantitative estimate of drug-likeness (QED) is 0.775. The number of aryl methyl sites for hydroxylation is 1. The largest absolute Gasteiger partial charge is 0.346 e. The molecule has 4 rings (SSSR count). The van der Waals surface area contributed by atoms with Gasteiger partial charge in [-0.05, 0) is 30.5 Å². The van der Waals surface area contributed by atoms with Crippen molar-refractivity contribution in [3.63, 3.8) is 0 Å². The molecular weight excluding hydrogens is 397 g/mol. The van der Waals surface area contributed by atoms with Gasteiger partial charge < -0.3 is 4.90 Å². The molecule has 2 aromatic rings. The zero-order chi connectivity index (χ0) is 20.1. The topological polar surface area (TPSA) is 60.1 Å². The minimum Gasteiger partial charge on any atom is -0.335 e. The number of aromatic nitrogens is 3. The van der Waals surface area contributed by atoms with Gasteiger partial charge >= 0.3 is 5.69 Å². The number of likely N-dealkylation sites (tertiary alicyclic amines) is 1. The van der Waals surface area contributed by atoms with E-state index in [-0.39, 0.29) is 24.5 Å². The molecule has 1 aromatic carbocycles. The lowest BCUT2D eigenvalue weighted by atomic mass is 10.0.